The Kier molecular flexibility index (Phi) is 5.44. The number of aliphatic hydroxyl groups is 4. The topological polar surface area (TPSA) is 201 Å². The van der Waals surface area contributed by atoms with Crippen molar-refractivity contribution in [2.24, 2.45) is 0 Å². The molecule has 1 aromatic heterocycles. The zero-order valence-corrected chi connectivity index (χ0v) is 16.3. The zero-order chi connectivity index (χ0) is 23.3. The Morgan fingerprint density at radius 2 is 1.56 bits per heavy atom. The fraction of sp³-hybridized carbons (Fsp3) is 0.286. The highest BCUT2D eigenvalue weighted by atomic mass is 16.5. The van der Waals surface area contributed by atoms with E-state index in [1.54, 1.807) is 0 Å². The lowest BCUT2D eigenvalue weighted by Gasteiger charge is -2.40. The summed E-state index contributed by atoms with van der Waals surface area (Å²) < 4.78 is 11.3. The van der Waals surface area contributed by atoms with E-state index in [1.165, 1.54) is 6.07 Å². The quantitative estimate of drug-likeness (QED) is 0.247. The SMILES string of the molecule is O=c1c([C@@H]2O[C@H](CO)[C@@H](O)[C@H](O)[C@H]2O)c(-c2ccc(O)c(O)c2)oc2cc(O)cc(O)c12. The molecule has 0 aliphatic carbocycles. The maximum atomic E-state index is 13.4. The number of ether oxygens (including phenoxy) is 1. The molecule has 0 radical (unpaired) electrons. The van der Waals surface area contributed by atoms with E-state index in [2.05, 4.69) is 0 Å². The summed E-state index contributed by atoms with van der Waals surface area (Å²) in [5, 5.41) is 79.5. The van der Waals surface area contributed by atoms with Gasteiger partial charge in [0.2, 0.25) is 5.43 Å². The first-order valence-corrected chi connectivity index (χ1v) is 9.49. The molecule has 2 heterocycles. The minimum atomic E-state index is -1.84. The minimum absolute atomic E-state index is 0.0501. The fourth-order valence-electron chi connectivity index (χ4n) is 3.78. The maximum Gasteiger partial charge on any atom is 0.203 e. The van der Waals surface area contributed by atoms with E-state index in [4.69, 9.17) is 9.15 Å². The molecule has 0 saturated carbocycles. The molecule has 1 fully saturated rings. The number of fused-ring (bicyclic) bond motifs is 1. The summed E-state index contributed by atoms with van der Waals surface area (Å²) in [5.41, 5.74) is -1.46. The molecule has 5 atom stereocenters. The van der Waals surface area contributed by atoms with Crippen molar-refractivity contribution >= 4 is 11.0 Å². The number of phenols is 4. The second-order valence-corrected chi connectivity index (χ2v) is 7.46. The molecule has 0 amide bonds. The van der Waals surface area contributed by atoms with E-state index in [1.807, 2.05) is 0 Å². The van der Waals surface area contributed by atoms with E-state index in [9.17, 15) is 45.6 Å². The third-order valence-electron chi connectivity index (χ3n) is 5.41. The second-order valence-electron chi connectivity index (χ2n) is 7.46. The van der Waals surface area contributed by atoms with Crippen LogP contribution in [0.5, 0.6) is 23.0 Å². The molecule has 1 aliphatic rings. The van der Waals surface area contributed by atoms with Crippen LogP contribution in [0.25, 0.3) is 22.3 Å². The van der Waals surface area contributed by atoms with Crippen LogP contribution < -0.4 is 5.43 Å². The molecular formula is C21H20O11. The van der Waals surface area contributed by atoms with Crippen molar-refractivity contribution in [1.29, 1.82) is 0 Å². The maximum absolute atomic E-state index is 13.4. The van der Waals surface area contributed by atoms with E-state index < -0.39 is 65.6 Å². The van der Waals surface area contributed by atoms with Gasteiger partial charge in [0, 0.05) is 17.7 Å². The van der Waals surface area contributed by atoms with Gasteiger partial charge >= 0.3 is 0 Å². The Hall–Kier alpha value is -3.35. The first-order valence-electron chi connectivity index (χ1n) is 9.49. The number of aliphatic hydroxyl groups excluding tert-OH is 4. The fourth-order valence-corrected chi connectivity index (χ4v) is 3.78. The van der Waals surface area contributed by atoms with Gasteiger partial charge in [-0.05, 0) is 18.2 Å². The van der Waals surface area contributed by atoms with Gasteiger partial charge < -0.3 is 50.0 Å². The molecule has 170 valence electrons. The van der Waals surface area contributed by atoms with Gasteiger partial charge in [-0.25, -0.2) is 0 Å². The summed E-state index contributed by atoms with van der Waals surface area (Å²) in [4.78, 5) is 13.4. The highest BCUT2D eigenvalue weighted by molar-refractivity contribution is 5.87. The minimum Gasteiger partial charge on any atom is -0.508 e. The van der Waals surface area contributed by atoms with Crippen LogP contribution in [0.3, 0.4) is 0 Å². The van der Waals surface area contributed by atoms with Crippen molar-refractivity contribution in [2.45, 2.75) is 30.5 Å². The molecule has 0 bridgehead atoms. The van der Waals surface area contributed by atoms with Crippen LogP contribution in [-0.4, -0.2) is 71.9 Å². The summed E-state index contributed by atoms with van der Waals surface area (Å²) in [7, 11) is 0. The summed E-state index contributed by atoms with van der Waals surface area (Å²) in [6, 6.07) is 5.44. The monoisotopic (exact) mass is 448 g/mol. The van der Waals surface area contributed by atoms with Crippen LogP contribution in [0.1, 0.15) is 11.7 Å². The Morgan fingerprint density at radius 3 is 2.22 bits per heavy atom. The molecule has 3 aromatic rings. The van der Waals surface area contributed by atoms with Gasteiger partial charge in [0.15, 0.2) is 11.5 Å². The Balaban J connectivity index is 2.04. The summed E-state index contributed by atoms with van der Waals surface area (Å²) in [6.45, 7) is -0.741. The Morgan fingerprint density at radius 1 is 0.844 bits per heavy atom. The van der Waals surface area contributed by atoms with Crippen LogP contribution in [-0.2, 0) is 4.74 Å². The Labute approximate surface area is 179 Å². The summed E-state index contributed by atoms with van der Waals surface area (Å²) in [6.07, 6.45) is -8.26. The lowest BCUT2D eigenvalue weighted by atomic mass is 9.89. The largest absolute Gasteiger partial charge is 0.508 e. The average molecular weight is 448 g/mol. The molecule has 1 saturated heterocycles. The number of phenolic OH excluding ortho intramolecular Hbond substituents is 4. The van der Waals surface area contributed by atoms with Crippen LogP contribution in [0, 0.1) is 0 Å². The van der Waals surface area contributed by atoms with Gasteiger partial charge in [-0.3, -0.25) is 4.79 Å². The molecule has 1 aliphatic heterocycles. The highest BCUT2D eigenvalue weighted by Gasteiger charge is 2.46. The van der Waals surface area contributed by atoms with Crippen LogP contribution >= 0.6 is 0 Å². The van der Waals surface area contributed by atoms with Crippen molar-refractivity contribution < 1.29 is 50.0 Å². The lowest BCUT2D eigenvalue weighted by Crippen LogP contribution is -2.55. The van der Waals surface area contributed by atoms with Crippen molar-refractivity contribution in [3.63, 3.8) is 0 Å². The van der Waals surface area contributed by atoms with Crippen molar-refractivity contribution in [3.05, 3.63) is 46.1 Å². The molecule has 0 spiro atoms. The molecule has 0 unspecified atom stereocenters. The number of benzene rings is 2. The highest BCUT2D eigenvalue weighted by Crippen LogP contribution is 2.41. The van der Waals surface area contributed by atoms with Gasteiger partial charge in [0.05, 0.1) is 12.2 Å². The van der Waals surface area contributed by atoms with E-state index in [0.717, 1.165) is 24.3 Å². The number of rotatable bonds is 3. The van der Waals surface area contributed by atoms with Crippen molar-refractivity contribution in [2.75, 3.05) is 6.61 Å². The molecule has 11 heteroatoms. The summed E-state index contributed by atoms with van der Waals surface area (Å²) >= 11 is 0. The van der Waals surface area contributed by atoms with Gasteiger partial charge in [-0.2, -0.15) is 0 Å². The molecule has 2 aromatic carbocycles. The smallest absolute Gasteiger partial charge is 0.203 e. The lowest BCUT2D eigenvalue weighted by molar-refractivity contribution is -0.232. The number of hydrogen-bond donors (Lipinski definition) is 8. The van der Waals surface area contributed by atoms with Gasteiger partial charge in [0.25, 0.3) is 0 Å². The second kappa shape index (κ2) is 7.97. The van der Waals surface area contributed by atoms with E-state index in [0.29, 0.717) is 0 Å². The number of hydrogen-bond acceptors (Lipinski definition) is 11. The molecular weight excluding hydrogens is 428 g/mol. The predicted molar refractivity (Wildman–Crippen MR) is 107 cm³/mol. The first kappa shape index (κ1) is 21.9. The standard InChI is InChI=1S/C21H20O11/c22-6-13-16(27)18(29)19(30)21(32-13)15-17(28)14-11(26)4-8(23)5-12(14)31-20(15)7-1-2-9(24)10(25)3-7/h1-5,13,16,18-19,21-27,29-30H,6H2/t13-,16-,18+,19-,21+/m1/s1. The third-order valence-corrected chi connectivity index (χ3v) is 5.41. The summed E-state index contributed by atoms with van der Waals surface area (Å²) in [5.74, 6) is -2.31. The predicted octanol–water partition coefficient (Wildman–Crippen LogP) is -0.203. The van der Waals surface area contributed by atoms with Crippen LogP contribution in [0.2, 0.25) is 0 Å². The van der Waals surface area contributed by atoms with Gasteiger partial charge in [0.1, 0.15) is 58.7 Å². The average Bonchev–Trinajstić information content (AvgIpc) is 2.74. The molecule has 4 rings (SSSR count). The van der Waals surface area contributed by atoms with Crippen molar-refractivity contribution in [3.8, 4) is 34.3 Å². The normalized spacial score (nSPS) is 25.8. The van der Waals surface area contributed by atoms with Crippen LogP contribution in [0.15, 0.2) is 39.5 Å². The number of aromatic hydroxyl groups is 4. The van der Waals surface area contributed by atoms with E-state index >= 15 is 0 Å². The first-order chi connectivity index (χ1) is 15.1. The third kappa shape index (κ3) is 3.42. The van der Waals surface area contributed by atoms with Crippen molar-refractivity contribution in [1.82, 2.24) is 0 Å². The van der Waals surface area contributed by atoms with Gasteiger partial charge in [-0.1, -0.05) is 0 Å². The van der Waals surface area contributed by atoms with E-state index in [-0.39, 0.29) is 27.9 Å². The van der Waals surface area contributed by atoms with Gasteiger partial charge in [-0.15, -0.1) is 0 Å². The zero-order valence-electron chi connectivity index (χ0n) is 16.3. The molecule has 8 N–H and O–H groups in total. The molecule has 11 nitrogen and oxygen atoms in total. The molecule has 32 heavy (non-hydrogen) atoms. The Bertz CT molecular complexity index is 1230. The van der Waals surface area contributed by atoms with Crippen LogP contribution in [0.4, 0.5) is 0 Å².